The van der Waals surface area contributed by atoms with E-state index in [4.69, 9.17) is 0 Å². The smallest absolute Gasteiger partial charge is 0.306 e. The van der Waals surface area contributed by atoms with Gasteiger partial charge < -0.3 is 20.4 Å². The Morgan fingerprint density at radius 2 is 1.93 bits per heavy atom. The van der Waals surface area contributed by atoms with Crippen LogP contribution in [-0.4, -0.2) is 44.2 Å². The number of carboxylic acids is 1. The van der Waals surface area contributed by atoms with Crippen molar-refractivity contribution in [2.75, 3.05) is 0 Å². The summed E-state index contributed by atoms with van der Waals surface area (Å²) in [4.78, 5) is 11.3. The number of aliphatic hydroxyl groups excluding tert-OH is 2. The van der Waals surface area contributed by atoms with Gasteiger partial charge >= 0.3 is 5.97 Å². The zero-order chi connectivity index (χ0) is 20.5. The number of rotatable bonds is 3. The van der Waals surface area contributed by atoms with Crippen LogP contribution in [-0.2, 0) is 4.79 Å². The van der Waals surface area contributed by atoms with Crippen LogP contribution in [0.3, 0.4) is 0 Å². The first-order valence-electron chi connectivity index (χ1n) is 11.0. The van der Waals surface area contributed by atoms with Gasteiger partial charge in [-0.3, -0.25) is 4.79 Å². The Bertz CT molecular complexity index is 684. The van der Waals surface area contributed by atoms with Gasteiger partial charge in [-0.2, -0.15) is 0 Å². The minimum absolute atomic E-state index is 0.135. The van der Waals surface area contributed by atoms with E-state index in [2.05, 4.69) is 19.9 Å². The summed E-state index contributed by atoms with van der Waals surface area (Å²) in [5.41, 5.74) is -0.0918. The van der Waals surface area contributed by atoms with Crippen molar-refractivity contribution in [2.24, 2.45) is 34.5 Å². The molecule has 3 fully saturated rings. The molecule has 5 nitrogen and oxygen atoms in total. The van der Waals surface area contributed by atoms with E-state index in [0.29, 0.717) is 24.2 Å². The van der Waals surface area contributed by atoms with Crippen LogP contribution in [0.1, 0.15) is 72.1 Å². The van der Waals surface area contributed by atoms with Crippen LogP contribution in [0, 0.1) is 34.5 Å². The highest BCUT2D eigenvalue weighted by atomic mass is 16.4. The third-order valence-electron chi connectivity index (χ3n) is 9.29. The summed E-state index contributed by atoms with van der Waals surface area (Å²) in [5.74, 6) is -0.116. The Morgan fingerprint density at radius 1 is 1.21 bits per heavy atom. The van der Waals surface area contributed by atoms with Crippen molar-refractivity contribution in [3.05, 3.63) is 11.6 Å². The second kappa shape index (κ2) is 6.55. The fourth-order valence-electron chi connectivity index (χ4n) is 8.20. The number of carbonyl (C=O) groups is 1. The summed E-state index contributed by atoms with van der Waals surface area (Å²) < 4.78 is 0. The minimum atomic E-state index is -1.41. The van der Waals surface area contributed by atoms with Gasteiger partial charge in [-0.15, -0.1) is 0 Å². The van der Waals surface area contributed by atoms with E-state index in [-0.39, 0.29) is 23.4 Å². The number of hydrogen-bond acceptors (Lipinski definition) is 4. The van der Waals surface area contributed by atoms with Gasteiger partial charge in [0.15, 0.2) is 0 Å². The first kappa shape index (κ1) is 20.4. The largest absolute Gasteiger partial charge is 0.481 e. The lowest BCUT2D eigenvalue weighted by Crippen LogP contribution is -2.54. The highest BCUT2D eigenvalue weighted by Gasteiger charge is 2.64. The monoisotopic (exact) mass is 392 g/mol. The summed E-state index contributed by atoms with van der Waals surface area (Å²) in [6, 6.07) is 0. The van der Waals surface area contributed by atoms with Crippen molar-refractivity contribution >= 4 is 5.97 Å². The molecule has 0 saturated heterocycles. The van der Waals surface area contributed by atoms with E-state index < -0.39 is 23.6 Å². The molecule has 4 rings (SSSR count). The number of aliphatic carboxylic acids is 1. The predicted molar refractivity (Wildman–Crippen MR) is 105 cm³/mol. The van der Waals surface area contributed by atoms with Crippen molar-refractivity contribution < 1.29 is 25.2 Å². The van der Waals surface area contributed by atoms with Gasteiger partial charge in [-0.05, 0) is 80.5 Å². The number of aliphatic hydroxyl groups is 3. The lowest BCUT2D eigenvalue weighted by atomic mass is 9.46. The molecule has 0 heterocycles. The molecule has 0 radical (unpaired) electrons. The molecule has 0 aliphatic heterocycles. The van der Waals surface area contributed by atoms with E-state index in [1.165, 1.54) is 5.57 Å². The molecule has 28 heavy (non-hydrogen) atoms. The van der Waals surface area contributed by atoms with Crippen molar-refractivity contribution in [3.8, 4) is 0 Å². The maximum atomic E-state index is 11.3. The molecule has 4 aliphatic carbocycles. The van der Waals surface area contributed by atoms with E-state index in [1.54, 1.807) is 6.92 Å². The summed E-state index contributed by atoms with van der Waals surface area (Å²) >= 11 is 0. The molecule has 9 unspecified atom stereocenters. The average Bonchev–Trinajstić information content (AvgIpc) is 2.85. The van der Waals surface area contributed by atoms with Gasteiger partial charge in [0.25, 0.3) is 0 Å². The quantitative estimate of drug-likeness (QED) is 0.553. The molecule has 158 valence electrons. The summed E-state index contributed by atoms with van der Waals surface area (Å²) in [7, 11) is 0. The van der Waals surface area contributed by atoms with Crippen molar-refractivity contribution in [1.29, 1.82) is 0 Å². The molecule has 0 aromatic rings. The molecule has 0 aromatic heterocycles. The normalized spacial score (nSPS) is 50.0. The molecule has 0 spiro atoms. The van der Waals surface area contributed by atoms with Crippen molar-refractivity contribution in [2.45, 2.75) is 89.9 Å². The zero-order valence-electron chi connectivity index (χ0n) is 17.4. The Kier molecular flexibility index (Phi) is 4.76. The van der Waals surface area contributed by atoms with Crippen LogP contribution < -0.4 is 0 Å². The van der Waals surface area contributed by atoms with Crippen LogP contribution in [0.2, 0.25) is 0 Å². The Balaban J connectivity index is 1.66. The van der Waals surface area contributed by atoms with Gasteiger partial charge in [-0.25, -0.2) is 0 Å². The molecule has 0 aromatic carbocycles. The molecule has 5 heteroatoms. The molecule has 3 saturated carbocycles. The fraction of sp³-hybridized carbons (Fsp3) is 0.870. The topological polar surface area (TPSA) is 98.0 Å². The number of fused-ring (bicyclic) bond motifs is 5. The number of hydrogen-bond donors (Lipinski definition) is 4. The molecular weight excluding hydrogens is 356 g/mol. The van der Waals surface area contributed by atoms with Crippen LogP contribution in [0.25, 0.3) is 0 Å². The Labute approximate surface area is 167 Å². The van der Waals surface area contributed by atoms with Crippen LogP contribution in [0.4, 0.5) is 0 Å². The third-order valence-corrected chi connectivity index (χ3v) is 9.29. The summed E-state index contributed by atoms with van der Waals surface area (Å²) in [6.07, 6.45) is 7.42. The van der Waals surface area contributed by atoms with Crippen LogP contribution >= 0.6 is 0 Å². The fourth-order valence-corrected chi connectivity index (χ4v) is 8.20. The maximum Gasteiger partial charge on any atom is 0.306 e. The zero-order valence-corrected chi connectivity index (χ0v) is 17.4. The van der Waals surface area contributed by atoms with E-state index in [1.807, 2.05) is 0 Å². The minimum Gasteiger partial charge on any atom is -0.481 e. The van der Waals surface area contributed by atoms with Crippen molar-refractivity contribution in [1.82, 2.24) is 0 Å². The van der Waals surface area contributed by atoms with Crippen molar-refractivity contribution in [3.63, 3.8) is 0 Å². The van der Waals surface area contributed by atoms with Gasteiger partial charge in [-0.1, -0.05) is 25.5 Å². The number of carboxylic acid groups (broad SMARTS) is 1. The van der Waals surface area contributed by atoms with E-state index >= 15 is 0 Å². The van der Waals surface area contributed by atoms with Gasteiger partial charge in [0.1, 0.15) is 0 Å². The van der Waals surface area contributed by atoms with Gasteiger partial charge in [0, 0.05) is 5.92 Å². The predicted octanol–water partition coefficient (Wildman–Crippen LogP) is 3.12. The second-order valence-corrected chi connectivity index (χ2v) is 10.9. The average molecular weight is 393 g/mol. The molecule has 9 atom stereocenters. The lowest BCUT2D eigenvalue weighted by molar-refractivity contribution is -0.154. The Hall–Kier alpha value is -0.910. The van der Waals surface area contributed by atoms with E-state index in [9.17, 15) is 25.2 Å². The molecule has 4 N–H and O–H groups in total. The third kappa shape index (κ3) is 2.88. The maximum absolute atomic E-state index is 11.3. The van der Waals surface area contributed by atoms with E-state index in [0.717, 1.165) is 38.5 Å². The highest BCUT2D eigenvalue weighted by molar-refractivity contribution is 5.68. The molecule has 0 bridgehead atoms. The summed E-state index contributed by atoms with van der Waals surface area (Å²) in [5, 5.41) is 41.4. The standard InChI is InChI=1S/C23H36O5/c1-21-8-6-14(24)10-13(21)4-5-15-16(21)7-9-22(2)17(15)11-18(25)20(22)23(3,28)12-19(26)27/h4,14-18,20,24-25,28H,5-12H2,1-3H3,(H,26,27). The number of allylic oxidation sites excluding steroid dienone is 1. The molecule has 0 amide bonds. The van der Waals surface area contributed by atoms with Crippen LogP contribution in [0.5, 0.6) is 0 Å². The highest BCUT2D eigenvalue weighted by Crippen LogP contribution is 2.67. The second-order valence-electron chi connectivity index (χ2n) is 10.9. The lowest BCUT2D eigenvalue weighted by Gasteiger charge is -2.58. The molecular formula is C23H36O5. The molecule has 4 aliphatic rings. The van der Waals surface area contributed by atoms with Crippen LogP contribution in [0.15, 0.2) is 11.6 Å². The SMILES string of the molecule is CC(O)(CC(=O)O)C1C(O)CC2C3CC=C4CC(O)CCC4(C)C3CCC21C. The first-order chi connectivity index (χ1) is 13.0. The Morgan fingerprint density at radius 3 is 2.61 bits per heavy atom. The van der Waals surface area contributed by atoms with Gasteiger partial charge in [0.2, 0.25) is 0 Å². The summed E-state index contributed by atoms with van der Waals surface area (Å²) in [6.45, 7) is 6.14. The van der Waals surface area contributed by atoms with Gasteiger partial charge in [0.05, 0.1) is 24.2 Å². The first-order valence-corrected chi connectivity index (χ1v) is 11.0.